The van der Waals surface area contributed by atoms with Crippen molar-refractivity contribution in [1.82, 2.24) is 0 Å². The third kappa shape index (κ3) is 2.73. The van der Waals surface area contributed by atoms with Crippen LogP contribution in [0, 0.1) is 19.7 Å². The fraction of sp³-hybridized carbons (Fsp3) is 0.286. The van der Waals surface area contributed by atoms with Gasteiger partial charge in [-0.05, 0) is 60.5 Å². The highest BCUT2D eigenvalue weighted by Crippen LogP contribution is 2.26. The molecule has 0 amide bonds. The Morgan fingerprint density at radius 1 is 1.24 bits per heavy atom. The van der Waals surface area contributed by atoms with E-state index in [9.17, 15) is 4.39 Å². The van der Waals surface area contributed by atoms with E-state index in [0.717, 1.165) is 11.1 Å². The Morgan fingerprint density at radius 2 is 2.00 bits per heavy atom. The van der Waals surface area contributed by atoms with E-state index >= 15 is 0 Å². The summed E-state index contributed by atoms with van der Waals surface area (Å²) in [5.74, 6) is -0.194. The molecule has 1 heterocycles. The maximum Gasteiger partial charge on any atom is 0.123 e. The van der Waals surface area contributed by atoms with E-state index in [2.05, 4.69) is 13.0 Å². The summed E-state index contributed by atoms with van der Waals surface area (Å²) in [6.07, 6.45) is 0.685. The molecule has 0 radical (unpaired) electrons. The van der Waals surface area contributed by atoms with Crippen molar-refractivity contribution in [2.75, 3.05) is 0 Å². The maximum atomic E-state index is 13.2. The number of thiophene rings is 1. The van der Waals surface area contributed by atoms with Crippen LogP contribution in [0.1, 0.15) is 27.6 Å². The molecular weight excluding hydrogens is 233 g/mol. The number of halogens is 1. The van der Waals surface area contributed by atoms with Crippen LogP contribution in [0.15, 0.2) is 29.6 Å². The minimum Gasteiger partial charge on any atom is -0.323 e. The van der Waals surface area contributed by atoms with E-state index in [4.69, 9.17) is 5.73 Å². The van der Waals surface area contributed by atoms with Crippen LogP contribution in [0.25, 0.3) is 0 Å². The van der Waals surface area contributed by atoms with E-state index in [1.54, 1.807) is 23.5 Å². The summed E-state index contributed by atoms with van der Waals surface area (Å²) in [7, 11) is 0. The molecule has 0 aliphatic rings. The van der Waals surface area contributed by atoms with Gasteiger partial charge in [-0.3, -0.25) is 0 Å². The van der Waals surface area contributed by atoms with E-state index in [1.807, 2.05) is 12.3 Å². The van der Waals surface area contributed by atoms with E-state index in [0.29, 0.717) is 6.42 Å². The highest BCUT2D eigenvalue weighted by molar-refractivity contribution is 7.10. The van der Waals surface area contributed by atoms with Gasteiger partial charge in [0.2, 0.25) is 0 Å². The lowest BCUT2D eigenvalue weighted by Gasteiger charge is -2.13. The molecule has 0 bridgehead atoms. The number of rotatable bonds is 3. The van der Waals surface area contributed by atoms with E-state index in [1.165, 1.54) is 16.5 Å². The first-order valence-electron chi connectivity index (χ1n) is 5.62. The highest BCUT2D eigenvalue weighted by Gasteiger charge is 2.12. The summed E-state index contributed by atoms with van der Waals surface area (Å²) in [6, 6.07) is 6.89. The fourth-order valence-electron chi connectivity index (χ4n) is 1.95. The highest BCUT2D eigenvalue weighted by atomic mass is 32.1. The summed E-state index contributed by atoms with van der Waals surface area (Å²) in [6.45, 7) is 4.05. The summed E-state index contributed by atoms with van der Waals surface area (Å²) < 4.78 is 13.2. The Morgan fingerprint density at radius 3 is 2.65 bits per heavy atom. The monoisotopic (exact) mass is 249 g/mol. The van der Waals surface area contributed by atoms with Gasteiger partial charge in [0.05, 0.1) is 0 Å². The van der Waals surface area contributed by atoms with Crippen molar-refractivity contribution < 1.29 is 4.39 Å². The van der Waals surface area contributed by atoms with Crippen LogP contribution >= 0.6 is 11.3 Å². The maximum absolute atomic E-state index is 13.2. The lowest BCUT2D eigenvalue weighted by Crippen LogP contribution is -2.13. The zero-order valence-electron chi connectivity index (χ0n) is 10.0. The van der Waals surface area contributed by atoms with Gasteiger partial charge in [-0.1, -0.05) is 6.07 Å². The third-order valence-corrected chi connectivity index (χ3v) is 4.14. The molecule has 0 spiro atoms. The zero-order chi connectivity index (χ0) is 12.4. The van der Waals surface area contributed by atoms with Crippen LogP contribution in [0.3, 0.4) is 0 Å². The van der Waals surface area contributed by atoms with Gasteiger partial charge in [0.1, 0.15) is 5.82 Å². The van der Waals surface area contributed by atoms with Crippen LogP contribution in [-0.4, -0.2) is 0 Å². The molecule has 0 saturated heterocycles. The minimum atomic E-state index is -0.194. The van der Waals surface area contributed by atoms with Crippen molar-refractivity contribution in [2.45, 2.75) is 26.3 Å². The van der Waals surface area contributed by atoms with Gasteiger partial charge in [-0.2, -0.15) is 0 Å². The summed E-state index contributed by atoms with van der Waals surface area (Å²) in [5.41, 5.74) is 9.48. The van der Waals surface area contributed by atoms with Gasteiger partial charge in [-0.15, -0.1) is 11.3 Å². The largest absolute Gasteiger partial charge is 0.323 e. The SMILES string of the molecule is Cc1ccc(F)cc1CC(N)c1sccc1C. The van der Waals surface area contributed by atoms with Crippen LogP contribution in [0.4, 0.5) is 4.39 Å². The molecule has 3 heteroatoms. The Labute approximate surface area is 105 Å². The van der Waals surface area contributed by atoms with E-state index in [-0.39, 0.29) is 11.9 Å². The predicted octanol–water partition coefficient (Wildman–Crippen LogP) is 3.75. The molecule has 1 unspecified atom stereocenters. The third-order valence-electron chi connectivity index (χ3n) is 2.99. The molecule has 1 aromatic heterocycles. The van der Waals surface area contributed by atoms with Gasteiger partial charge in [-0.25, -0.2) is 4.39 Å². The topological polar surface area (TPSA) is 26.0 Å². The van der Waals surface area contributed by atoms with Crippen LogP contribution in [-0.2, 0) is 6.42 Å². The van der Waals surface area contributed by atoms with Gasteiger partial charge >= 0.3 is 0 Å². The number of nitrogens with two attached hydrogens (primary N) is 1. The molecule has 0 fully saturated rings. The Kier molecular flexibility index (Phi) is 3.60. The normalized spacial score (nSPS) is 12.7. The first kappa shape index (κ1) is 12.3. The summed E-state index contributed by atoms with van der Waals surface area (Å²) >= 11 is 1.67. The second-order valence-electron chi connectivity index (χ2n) is 4.35. The standard InChI is InChI=1S/C14H16FNS/c1-9-3-4-12(15)7-11(9)8-13(16)14-10(2)5-6-17-14/h3-7,13H,8,16H2,1-2H3. The molecule has 1 atom stereocenters. The predicted molar refractivity (Wildman–Crippen MR) is 70.8 cm³/mol. The van der Waals surface area contributed by atoms with Gasteiger partial charge in [0, 0.05) is 10.9 Å². The lowest BCUT2D eigenvalue weighted by atomic mass is 9.99. The molecular formula is C14H16FNS. The van der Waals surface area contributed by atoms with Crippen molar-refractivity contribution in [3.8, 4) is 0 Å². The van der Waals surface area contributed by atoms with Gasteiger partial charge in [0.25, 0.3) is 0 Å². The fourth-order valence-corrected chi connectivity index (χ4v) is 2.88. The molecule has 0 saturated carbocycles. The van der Waals surface area contributed by atoms with Gasteiger partial charge in [0.15, 0.2) is 0 Å². The quantitative estimate of drug-likeness (QED) is 0.881. The molecule has 0 aliphatic carbocycles. The second kappa shape index (κ2) is 4.98. The van der Waals surface area contributed by atoms with Crippen molar-refractivity contribution in [2.24, 2.45) is 5.73 Å². The Hall–Kier alpha value is -1.19. The second-order valence-corrected chi connectivity index (χ2v) is 5.30. The molecule has 2 rings (SSSR count). The van der Waals surface area contributed by atoms with Gasteiger partial charge < -0.3 is 5.73 Å². The Balaban J connectivity index is 2.21. The smallest absolute Gasteiger partial charge is 0.123 e. The molecule has 2 N–H and O–H groups in total. The van der Waals surface area contributed by atoms with Crippen LogP contribution in [0.2, 0.25) is 0 Å². The molecule has 0 aliphatic heterocycles. The number of benzene rings is 1. The molecule has 1 nitrogen and oxygen atoms in total. The Bertz CT molecular complexity index is 519. The summed E-state index contributed by atoms with van der Waals surface area (Å²) in [5, 5.41) is 2.04. The first-order valence-corrected chi connectivity index (χ1v) is 6.50. The van der Waals surface area contributed by atoms with Crippen molar-refractivity contribution >= 4 is 11.3 Å². The number of hydrogen-bond donors (Lipinski definition) is 1. The number of aryl methyl sites for hydroxylation is 2. The average Bonchev–Trinajstić information content (AvgIpc) is 2.70. The zero-order valence-corrected chi connectivity index (χ0v) is 10.9. The first-order chi connectivity index (χ1) is 8.08. The molecule has 2 aromatic rings. The molecule has 17 heavy (non-hydrogen) atoms. The number of hydrogen-bond acceptors (Lipinski definition) is 2. The minimum absolute atomic E-state index is 0.0458. The summed E-state index contributed by atoms with van der Waals surface area (Å²) in [4.78, 5) is 1.19. The lowest BCUT2D eigenvalue weighted by molar-refractivity contribution is 0.621. The van der Waals surface area contributed by atoms with Crippen molar-refractivity contribution in [1.29, 1.82) is 0 Å². The van der Waals surface area contributed by atoms with Crippen LogP contribution in [0.5, 0.6) is 0 Å². The van der Waals surface area contributed by atoms with E-state index < -0.39 is 0 Å². The molecule has 90 valence electrons. The van der Waals surface area contributed by atoms with Crippen molar-refractivity contribution in [3.05, 3.63) is 57.0 Å². The van der Waals surface area contributed by atoms with Crippen LogP contribution < -0.4 is 5.73 Å². The average molecular weight is 249 g/mol. The molecule has 1 aromatic carbocycles. The van der Waals surface area contributed by atoms with Crippen molar-refractivity contribution in [3.63, 3.8) is 0 Å².